The molecule has 0 aromatic heterocycles. The molecule has 11 heteroatoms. The molecule has 0 saturated carbocycles. The molecule has 3 atom stereocenters. The van der Waals surface area contributed by atoms with Crippen LogP contribution in [0.5, 0.6) is 0 Å². The molecular formula is C48H82NO9P. The molecule has 3 unspecified atom stereocenters. The number of nitrogens with two attached hydrogens (primary N) is 1. The van der Waals surface area contributed by atoms with Crippen molar-refractivity contribution >= 4 is 19.8 Å². The number of hydrogen-bond donors (Lipinski definition) is 3. The maximum Gasteiger partial charge on any atom is 0.472 e. The summed E-state index contributed by atoms with van der Waals surface area (Å²) in [6, 6.07) is -1.49. The Labute approximate surface area is 358 Å². The molecule has 0 aliphatic heterocycles. The van der Waals surface area contributed by atoms with Gasteiger partial charge in [0.1, 0.15) is 12.1 Å². The highest BCUT2D eigenvalue weighted by Crippen LogP contribution is 2.43. The molecule has 338 valence electrons. The van der Waals surface area contributed by atoms with E-state index in [9.17, 15) is 19.0 Å². The first-order valence-corrected chi connectivity index (χ1v) is 24.1. The molecule has 0 bridgehead atoms. The highest BCUT2D eigenvalue weighted by Gasteiger charge is 2.27. The second-order valence-corrected chi connectivity index (χ2v) is 16.2. The average Bonchev–Trinajstić information content (AvgIpc) is 3.21. The summed E-state index contributed by atoms with van der Waals surface area (Å²) in [5.41, 5.74) is 5.35. The number of allylic oxidation sites excluding steroid dienone is 14. The molecule has 0 radical (unpaired) electrons. The Bertz CT molecular complexity index is 1260. The molecule has 0 heterocycles. The monoisotopic (exact) mass is 848 g/mol. The van der Waals surface area contributed by atoms with Crippen LogP contribution >= 0.6 is 7.82 Å². The molecular weight excluding hydrogens is 766 g/mol. The van der Waals surface area contributed by atoms with E-state index in [2.05, 4.69) is 92.8 Å². The van der Waals surface area contributed by atoms with Gasteiger partial charge in [-0.25, -0.2) is 4.57 Å². The van der Waals surface area contributed by atoms with Crippen LogP contribution in [0.25, 0.3) is 0 Å². The number of esters is 1. The van der Waals surface area contributed by atoms with E-state index in [4.69, 9.17) is 29.4 Å². The number of carboxylic acids is 1. The van der Waals surface area contributed by atoms with Crippen LogP contribution in [-0.4, -0.2) is 60.5 Å². The Hall–Kier alpha value is -2.85. The third-order valence-electron chi connectivity index (χ3n) is 9.16. The van der Waals surface area contributed by atoms with E-state index in [-0.39, 0.29) is 13.0 Å². The molecule has 4 N–H and O–H groups in total. The Balaban J connectivity index is 4.31. The lowest BCUT2D eigenvalue weighted by atomic mass is 10.1. The normalized spacial score (nSPS) is 14.6. The predicted molar refractivity (Wildman–Crippen MR) is 244 cm³/mol. The summed E-state index contributed by atoms with van der Waals surface area (Å²) in [6.07, 6.45) is 55.0. The fraction of sp³-hybridized carbons (Fsp3) is 0.667. The van der Waals surface area contributed by atoms with Gasteiger partial charge >= 0.3 is 19.8 Å². The number of carboxylic acid groups (broad SMARTS) is 1. The summed E-state index contributed by atoms with van der Waals surface area (Å²) in [5.74, 6) is -1.85. The van der Waals surface area contributed by atoms with Gasteiger partial charge in [0.2, 0.25) is 0 Å². The Morgan fingerprint density at radius 2 is 0.983 bits per heavy atom. The zero-order chi connectivity index (χ0) is 43.3. The number of ether oxygens (including phenoxy) is 2. The van der Waals surface area contributed by atoms with Crippen LogP contribution in [0.2, 0.25) is 0 Å². The Morgan fingerprint density at radius 1 is 0.559 bits per heavy atom. The van der Waals surface area contributed by atoms with Crippen LogP contribution < -0.4 is 5.73 Å². The van der Waals surface area contributed by atoms with Crippen molar-refractivity contribution in [1.82, 2.24) is 0 Å². The summed E-state index contributed by atoms with van der Waals surface area (Å²) in [5, 5.41) is 8.90. The first kappa shape index (κ1) is 56.1. The number of phosphoric acid groups is 1. The van der Waals surface area contributed by atoms with Crippen molar-refractivity contribution in [1.29, 1.82) is 0 Å². The SMILES string of the molecule is CC/C=C\C/C=C\C/C=C\C/C=C\C/C=C\CCCC(=O)OC(COCCCCCCCCCCCC/C=C\C/C=C\CCCCC)COP(=O)(O)OCC(N)C(=O)O. The topological polar surface area (TPSA) is 155 Å². The summed E-state index contributed by atoms with van der Waals surface area (Å²) < 4.78 is 33.3. The highest BCUT2D eigenvalue weighted by molar-refractivity contribution is 7.47. The molecule has 10 nitrogen and oxygen atoms in total. The van der Waals surface area contributed by atoms with Gasteiger partial charge in [0.15, 0.2) is 0 Å². The molecule has 0 aliphatic rings. The van der Waals surface area contributed by atoms with Crippen molar-refractivity contribution in [3.8, 4) is 0 Å². The van der Waals surface area contributed by atoms with E-state index in [1.54, 1.807) is 0 Å². The van der Waals surface area contributed by atoms with Crippen LogP contribution in [0.1, 0.15) is 168 Å². The summed E-state index contributed by atoms with van der Waals surface area (Å²) in [7, 11) is -4.64. The summed E-state index contributed by atoms with van der Waals surface area (Å²) >= 11 is 0. The van der Waals surface area contributed by atoms with Crippen LogP contribution in [0.15, 0.2) is 85.1 Å². The average molecular weight is 848 g/mol. The van der Waals surface area contributed by atoms with Crippen molar-refractivity contribution in [2.75, 3.05) is 26.4 Å². The minimum Gasteiger partial charge on any atom is -0.480 e. The van der Waals surface area contributed by atoms with Crippen molar-refractivity contribution in [2.24, 2.45) is 5.73 Å². The number of unbranched alkanes of at least 4 members (excludes halogenated alkanes) is 14. The fourth-order valence-electron chi connectivity index (χ4n) is 5.67. The number of phosphoric ester groups is 1. The molecule has 0 aromatic rings. The Morgan fingerprint density at radius 3 is 1.47 bits per heavy atom. The molecule has 0 rings (SSSR count). The van der Waals surface area contributed by atoms with E-state index >= 15 is 0 Å². The standard InChI is InChI=1S/C48H82NO9P/c1-3-5-7-9-11-13-15-17-19-21-22-23-25-27-29-31-33-35-37-39-41-55-42-45(43-56-59(53,54)57-44-46(49)48(51)52)58-47(50)40-38-36-34-32-30-28-26-24-20-18-16-14-12-10-8-6-4-2/h6,8,11-14,17-20,26,28,32,34,45-46H,3-5,7,9-10,15-16,21-25,27,29-31,33,35-44,49H2,1-2H3,(H,51,52)(H,53,54)/b8-6-,13-11-,14-12-,19-17-,20-18-,28-26-,34-32-. The van der Waals surface area contributed by atoms with Gasteiger partial charge in [-0.05, 0) is 83.5 Å². The van der Waals surface area contributed by atoms with Gasteiger partial charge in [0, 0.05) is 13.0 Å². The van der Waals surface area contributed by atoms with Crippen LogP contribution in [0, 0.1) is 0 Å². The molecule has 0 saturated heterocycles. The van der Waals surface area contributed by atoms with Crippen LogP contribution in [-0.2, 0) is 32.7 Å². The minimum absolute atomic E-state index is 0.0128. The lowest BCUT2D eigenvalue weighted by Gasteiger charge is -2.20. The van der Waals surface area contributed by atoms with Crippen molar-refractivity contribution in [3.63, 3.8) is 0 Å². The lowest BCUT2D eigenvalue weighted by Crippen LogP contribution is -2.34. The van der Waals surface area contributed by atoms with E-state index in [0.29, 0.717) is 19.4 Å². The smallest absolute Gasteiger partial charge is 0.472 e. The number of rotatable bonds is 42. The second kappa shape index (κ2) is 43.2. The minimum atomic E-state index is -4.64. The van der Waals surface area contributed by atoms with Crippen molar-refractivity contribution in [2.45, 2.75) is 180 Å². The molecule has 0 spiro atoms. The first-order valence-electron chi connectivity index (χ1n) is 22.6. The first-order chi connectivity index (χ1) is 28.7. The van der Waals surface area contributed by atoms with Crippen molar-refractivity contribution in [3.05, 3.63) is 85.1 Å². The number of aliphatic carboxylic acids is 1. The third kappa shape index (κ3) is 43.1. The summed E-state index contributed by atoms with van der Waals surface area (Å²) in [4.78, 5) is 33.5. The third-order valence-corrected chi connectivity index (χ3v) is 10.1. The molecule has 0 amide bonds. The lowest BCUT2D eigenvalue weighted by molar-refractivity contribution is -0.154. The number of carbonyl (C=O) groups is 2. The van der Waals surface area contributed by atoms with Gasteiger partial charge in [0.25, 0.3) is 0 Å². The van der Waals surface area contributed by atoms with Crippen LogP contribution in [0.3, 0.4) is 0 Å². The number of hydrogen-bond acceptors (Lipinski definition) is 8. The van der Waals surface area contributed by atoms with Crippen molar-refractivity contribution < 1.29 is 42.7 Å². The molecule has 59 heavy (non-hydrogen) atoms. The maximum atomic E-state index is 12.6. The predicted octanol–water partition coefficient (Wildman–Crippen LogP) is 12.8. The fourth-order valence-corrected chi connectivity index (χ4v) is 6.45. The number of carbonyl (C=O) groups excluding carboxylic acids is 1. The summed E-state index contributed by atoms with van der Waals surface area (Å²) in [6.45, 7) is 3.65. The van der Waals surface area contributed by atoms with E-state index in [1.807, 2.05) is 6.08 Å². The molecule has 0 aromatic carbocycles. The zero-order valence-corrected chi connectivity index (χ0v) is 37.7. The second-order valence-electron chi connectivity index (χ2n) is 14.8. The van der Waals surface area contributed by atoms with Gasteiger partial charge in [-0.1, -0.05) is 163 Å². The zero-order valence-electron chi connectivity index (χ0n) is 36.8. The van der Waals surface area contributed by atoms with Crippen LogP contribution in [0.4, 0.5) is 0 Å². The van der Waals surface area contributed by atoms with Gasteiger partial charge in [0.05, 0.1) is 19.8 Å². The van der Waals surface area contributed by atoms with E-state index in [0.717, 1.165) is 57.8 Å². The molecule has 0 fully saturated rings. The maximum absolute atomic E-state index is 12.6. The van der Waals surface area contributed by atoms with E-state index in [1.165, 1.54) is 77.0 Å². The quantitative estimate of drug-likeness (QED) is 0.0234. The van der Waals surface area contributed by atoms with Gasteiger partial charge in [-0.3, -0.25) is 18.6 Å². The largest absolute Gasteiger partial charge is 0.480 e. The van der Waals surface area contributed by atoms with E-state index < -0.39 is 45.1 Å². The van der Waals surface area contributed by atoms with Gasteiger partial charge in [-0.15, -0.1) is 0 Å². The van der Waals surface area contributed by atoms with Gasteiger partial charge in [-0.2, -0.15) is 0 Å². The molecule has 0 aliphatic carbocycles. The Kier molecular flexibility index (Phi) is 41.2. The van der Waals surface area contributed by atoms with Gasteiger partial charge < -0.3 is 25.2 Å². The highest BCUT2D eigenvalue weighted by atomic mass is 31.2.